The second-order valence-electron chi connectivity index (χ2n) is 5.29. The highest BCUT2D eigenvalue weighted by molar-refractivity contribution is 5.50. The molecule has 0 fully saturated rings. The second kappa shape index (κ2) is 6.58. The third-order valence-corrected chi connectivity index (χ3v) is 3.73. The van der Waals surface area contributed by atoms with Crippen molar-refractivity contribution in [3.8, 4) is 0 Å². The molecule has 1 atom stereocenters. The van der Waals surface area contributed by atoms with Gasteiger partial charge in [0.2, 0.25) is 0 Å². The molecule has 1 unspecified atom stereocenters. The van der Waals surface area contributed by atoms with Gasteiger partial charge in [0.15, 0.2) is 0 Å². The molecule has 0 saturated heterocycles. The molecule has 2 rings (SSSR count). The van der Waals surface area contributed by atoms with Crippen molar-refractivity contribution < 1.29 is 0 Å². The molecule has 20 heavy (non-hydrogen) atoms. The Morgan fingerprint density at radius 2 is 1.70 bits per heavy atom. The predicted molar refractivity (Wildman–Crippen MR) is 87.2 cm³/mol. The molecule has 0 spiro atoms. The molecule has 2 aromatic rings. The first-order valence-corrected chi connectivity index (χ1v) is 7.25. The average Bonchev–Trinajstić information content (AvgIpc) is 2.46. The predicted octanol–water partition coefficient (Wildman–Crippen LogP) is 3.83. The molecule has 0 aromatic heterocycles. The van der Waals surface area contributed by atoms with Crippen LogP contribution in [0.2, 0.25) is 0 Å². The summed E-state index contributed by atoms with van der Waals surface area (Å²) in [5.41, 5.74) is 11.1. The molecule has 0 heterocycles. The van der Waals surface area contributed by atoms with E-state index in [1.54, 1.807) is 0 Å². The van der Waals surface area contributed by atoms with Crippen molar-refractivity contribution in [3.63, 3.8) is 0 Å². The minimum absolute atomic E-state index is 0.225. The summed E-state index contributed by atoms with van der Waals surface area (Å²) in [5.74, 6) is 0. The summed E-state index contributed by atoms with van der Waals surface area (Å²) in [5, 5.41) is 0. The first kappa shape index (κ1) is 14.6. The number of nitrogens with two attached hydrogens (primary N) is 1. The summed E-state index contributed by atoms with van der Waals surface area (Å²) in [7, 11) is 0. The van der Waals surface area contributed by atoms with Gasteiger partial charge in [-0.25, -0.2) is 0 Å². The summed E-state index contributed by atoms with van der Waals surface area (Å²) < 4.78 is 0. The van der Waals surface area contributed by atoms with E-state index in [0.29, 0.717) is 6.54 Å². The number of rotatable bonds is 5. The van der Waals surface area contributed by atoms with Crippen molar-refractivity contribution >= 4 is 5.69 Å². The van der Waals surface area contributed by atoms with Crippen LogP contribution >= 0.6 is 0 Å². The number of likely N-dealkylation sites (N-methyl/N-ethyl adjacent to an activating group) is 1. The fourth-order valence-corrected chi connectivity index (χ4v) is 2.64. The lowest BCUT2D eigenvalue weighted by atomic mass is 10.0. The number of hydrogen-bond acceptors (Lipinski definition) is 2. The van der Waals surface area contributed by atoms with Gasteiger partial charge >= 0.3 is 0 Å². The van der Waals surface area contributed by atoms with Crippen LogP contribution in [0.4, 0.5) is 5.69 Å². The minimum atomic E-state index is 0.225. The van der Waals surface area contributed by atoms with Crippen LogP contribution in [0.25, 0.3) is 0 Å². The van der Waals surface area contributed by atoms with E-state index in [1.807, 2.05) is 0 Å². The molecule has 0 saturated carbocycles. The van der Waals surface area contributed by atoms with Gasteiger partial charge in [-0.1, -0.05) is 47.5 Å². The van der Waals surface area contributed by atoms with Crippen LogP contribution in [0.5, 0.6) is 0 Å². The largest absolute Gasteiger partial charge is 0.363 e. The van der Waals surface area contributed by atoms with E-state index in [4.69, 9.17) is 5.73 Å². The van der Waals surface area contributed by atoms with E-state index in [-0.39, 0.29) is 6.04 Å². The molecule has 0 aliphatic heterocycles. The Balaban J connectivity index is 2.34. The lowest BCUT2D eigenvalue weighted by Crippen LogP contribution is -2.33. The van der Waals surface area contributed by atoms with E-state index in [9.17, 15) is 0 Å². The summed E-state index contributed by atoms with van der Waals surface area (Å²) in [6.45, 7) is 7.97. The highest BCUT2D eigenvalue weighted by Gasteiger charge is 2.18. The zero-order valence-electron chi connectivity index (χ0n) is 12.6. The van der Waals surface area contributed by atoms with Crippen LogP contribution in [0, 0.1) is 13.8 Å². The van der Waals surface area contributed by atoms with Gasteiger partial charge in [-0.2, -0.15) is 0 Å². The summed E-state index contributed by atoms with van der Waals surface area (Å²) in [4.78, 5) is 2.37. The normalized spacial score (nSPS) is 12.2. The van der Waals surface area contributed by atoms with Crippen molar-refractivity contribution in [2.24, 2.45) is 5.73 Å². The first-order chi connectivity index (χ1) is 9.65. The molecule has 2 N–H and O–H groups in total. The smallest absolute Gasteiger partial charge is 0.0664 e. The SMILES string of the molecule is CCN(c1ccc(C)cc1)C(CN)c1cccc(C)c1. The second-order valence-corrected chi connectivity index (χ2v) is 5.29. The van der Waals surface area contributed by atoms with Gasteiger partial charge in [0.05, 0.1) is 6.04 Å². The Hall–Kier alpha value is -1.80. The fraction of sp³-hybridized carbons (Fsp3) is 0.333. The summed E-state index contributed by atoms with van der Waals surface area (Å²) >= 11 is 0. The summed E-state index contributed by atoms with van der Waals surface area (Å²) in [6, 6.07) is 17.5. The van der Waals surface area contributed by atoms with Crippen LogP contribution in [-0.2, 0) is 0 Å². The van der Waals surface area contributed by atoms with E-state index >= 15 is 0 Å². The topological polar surface area (TPSA) is 29.3 Å². The highest BCUT2D eigenvalue weighted by atomic mass is 15.2. The highest BCUT2D eigenvalue weighted by Crippen LogP contribution is 2.27. The van der Waals surface area contributed by atoms with Crippen molar-refractivity contribution in [2.75, 3.05) is 18.0 Å². The Morgan fingerprint density at radius 3 is 2.25 bits per heavy atom. The molecule has 2 aromatic carbocycles. The Kier molecular flexibility index (Phi) is 4.80. The first-order valence-electron chi connectivity index (χ1n) is 7.25. The Morgan fingerprint density at radius 1 is 1.00 bits per heavy atom. The van der Waals surface area contributed by atoms with E-state index in [0.717, 1.165) is 6.54 Å². The third-order valence-electron chi connectivity index (χ3n) is 3.73. The van der Waals surface area contributed by atoms with Crippen molar-refractivity contribution in [2.45, 2.75) is 26.8 Å². The number of benzene rings is 2. The number of nitrogens with zero attached hydrogens (tertiary/aromatic N) is 1. The van der Waals surface area contributed by atoms with E-state index in [1.165, 1.54) is 22.4 Å². The fourth-order valence-electron chi connectivity index (χ4n) is 2.64. The number of anilines is 1. The van der Waals surface area contributed by atoms with E-state index < -0.39 is 0 Å². The lowest BCUT2D eigenvalue weighted by Gasteiger charge is -2.32. The molecule has 0 radical (unpaired) electrons. The molecule has 0 aliphatic carbocycles. The molecule has 2 nitrogen and oxygen atoms in total. The third kappa shape index (κ3) is 3.20. The summed E-state index contributed by atoms with van der Waals surface area (Å²) in [6.07, 6.45) is 0. The molecule has 2 heteroatoms. The zero-order chi connectivity index (χ0) is 14.5. The quantitative estimate of drug-likeness (QED) is 0.893. The van der Waals surface area contributed by atoms with Gasteiger partial charge in [0.1, 0.15) is 0 Å². The van der Waals surface area contributed by atoms with Crippen molar-refractivity contribution in [1.82, 2.24) is 0 Å². The molecule has 0 amide bonds. The van der Waals surface area contributed by atoms with Crippen molar-refractivity contribution in [1.29, 1.82) is 0 Å². The van der Waals surface area contributed by atoms with Crippen LogP contribution in [0.3, 0.4) is 0 Å². The average molecular weight is 268 g/mol. The maximum Gasteiger partial charge on any atom is 0.0664 e. The van der Waals surface area contributed by atoms with Crippen LogP contribution < -0.4 is 10.6 Å². The molecular formula is C18H24N2. The van der Waals surface area contributed by atoms with Gasteiger partial charge in [-0.3, -0.25) is 0 Å². The van der Waals surface area contributed by atoms with Crippen LogP contribution in [0.1, 0.15) is 29.7 Å². The van der Waals surface area contributed by atoms with Gasteiger partial charge in [-0.15, -0.1) is 0 Å². The standard InChI is InChI=1S/C18H24N2/c1-4-20(17-10-8-14(2)9-11-17)18(13-19)16-7-5-6-15(3)12-16/h5-12,18H,4,13,19H2,1-3H3. The van der Waals surface area contributed by atoms with Gasteiger partial charge < -0.3 is 10.6 Å². The molecule has 0 bridgehead atoms. The Labute approximate surface area is 122 Å². The van der Waals surface area contributed by atoms with Gasteiger partial charge in [0, 0.05) is 18.8 Å². The number of hydrogen-bond donors (Lipinski definition) is 1. The maximum absolute atomic E-state index is 6.06. The number of aryl methyl sites for hydroxylation is 2. The van der Waals surface area contributed by atoms with Gasteiger partial charge in [0.25, 0.3) is 0 Å². The Bertz CT molecular complexity index is 546. The monoisotopic (exact) mass is 268 g/mol. The van der Waals surface area contributed by atoms with Crippen molar-refractivity contribution in [3.05, 3.63) is 65.2 Å². The molecule has 0 aliphatic rings. The lowest BCUT2D eigenvalue weighted by molar-refractivity contribution is 0.643. The maximum atomic E-state index is 6.06. The van der Waals surface area contributed by atoms with E-state index in [2.05, 4.69) is 74.2 Å². The van der Waals surface area contributed by atoms with Crippen LogP contribution in [0.15, 0.2) is 48.5 Å². The van der Waals surface area contributed by atoms with Crippen LogP contribution in [-0.4, -0.2) is 13.1 Å². The molecule has 106 valence electrons. The zero-order valence-corrected chi connectivity index (χ0v) is 12.6. The molecular weight excluding hydrogens is 244 g/mol. The van der Waals surface area contributed by atoms with Gasteiger partial charge in [-0.05, 0) is 38.5 Å². The minimum Gasteiger partial charge on any atom is -0.363 e.